The fourth-order valence-electron chi connectivity index (χ4n) is 3.08. The van der Waals surface area contributed by atoms with Gasteiger partial charge in [0.1, 0.15) is 0 Å². The summed E-state index contributed by atoms with van der Waals surface area (Å²) in [6, 6.07) is 16.4. The Morgan fingerprint density at radius 1 is 0.833 bits per heavy atom. The Labute approximate surface area is 181 Å². The van der Waals surface area contributed by atoms with Crippen molar-refractivity contribution >= 4 is 11.9 Å². The number of benzene rings is 2. The maximum atomic E-state index is 12.0. The highest BCUT2D eigenvalue weighted by atomic mass is 16.2. The molecule has 6 nitrogen and oxygen atoms in total. The Kier molecular flexibility index (Phi) is 9.35. The molecule has 6 heteroatoms. The monoisotopic (exact) mass is 409 g/mol. The number of hydrogen-bond donors (Lipinski definition) is 2. The van der Waals surface area contributed by atoms with Gasteiger partial charge in [-0.2, -0.15) is 0 Å². The van der Waals surface area contributed by atoms with Gasteiger partial charge < -0.3 is 15.5 Å². The molecule has 0 bridgehead atoms. The normalized spacial score (nSPS) is 11.5. The molecule has 2 aromatic rings. The average molecular weight is 410 g/mol. The number of guanidine groups is 1. The first-order chi connectivity index (χ1) is 14.5. The minimum Gasteiger partial charge on any atom is -0.352 e. The molecule has 0 radical (unpaired) electrons. The molecule has 0 aliphatic carbocycles. The number of carbonyl (C=O) groups is 1. The van der Waals surface area contributed by atoms with E-state index >= 15 is 0 Å². The third-order valence-corrected chi connectivity index (χ3v) is 5.07. The van der Waals surface area contributed by atoms with Gasteiger partial charge in [-0.05, 0) is 41.9 Å². The maximum absolute atomic E-state index is 12.0. The number of nitrogens with zero attached hydrogens (tertiary/aromatic N) is 3. The van der Waals surface area contributed by atoms with Crippen molar-refractivity contribution in [1.29, 1.82) is 0 Å². The van der Waals surface area contributed by atoms with Crippen molar-refractivity contribution in [3.8, 4) is 0 Å². The van der Waals surface area contributed by atoms with E-state index < -0.39 is 0 Å². The van der Waals surface area contributed by atoms with E-state index in [1.807, 2.05) is 24.3 Å². The summed E-state index contributed by atoms with van der Waals surface area (Å²) < 4.78 is 0. The zero-order chi connectivity index (χ0) is 21.9. The quantitative estimate of drug-likeness (QED) is 0.494. The smallest absolute Gasteiger partial charge is 0.253 e. The number of aliphatic imine (C=N–C) groups is 1. The minimum atomic E-state index is 0.00935. The molecule has 0 aliphatic rings. The van der Waals surface area contributed by atoms with Crippen LogP contribution in [0, 0.1) is 0 Å². The summed E-state index contributed by atoms with van der Waals surface area (Å²) in [7, 11) is 5.28. The largest absolute Gasteiger partial charge is 0.352 e. The summed E-state index contributed by atoms with van der Waals surface area (Å²) in [6.07, 6.45) is 0. The lowest BCUT2D eigenvalue weighted by molar-refractivity contribution is 0.0827. The number of hydrogen-bond acceptors (Lipinski definition) is 3. The van der Waals surface area contributed by atoms with E-state index in [1.165, 1.54) is 11.1 Å². The van der Waals surface area contributed by atoms with Crippen LogP contribution in [0.2, 0.25) is 0 Å². The lowest BCUT2D eigenvalue weighted by atomic mass is 10.1. The third-order valence-electron chi connectivity index (χ3n) is 5.07. The highest BCUT2D eigenvalue weighted by Gasteiger charge is 2.07. The van der Waals surface area contributed by atoms with Crippen LogP contribution in [-0.2, 0) is 19.6 Å². The molecule has 2 rings (SSSR count). The van der Waals surface area contributed by atoms with Crippen LogP contribution in [0.3, 0.4) is 0 Å². The number of nitrogens with one attached hydrogen (secondary N) is 2. The predicted octanol–water partition coefficient (Wildman–Crippen LogP) is 3.10. The van der Waals surface area contributed by atoms with E-state index in [9.17, 15) is 4.79 Å². The molecular weight excluding hydrogens is 374 g/mol. The second-order valence-electron chi connectivity index (χ2n) is 7.45. The second-order valence-corrected chi connectivity index (χ2v) is 7.45. The van der Waals surface area contributed by atoms with Gasteiger partial charge in [0.2, 0.25) is 0 Å². The summed E-state index contributed by atoms with van der Waals surface area (Å²) in [6.45, 7) is 8.85. The van der Waals surface area contributed by atoms with Crippen molar-refractivity contribution in [3.63, 3.8) is 0 Å². The van der Waals surface area contributed by atoms with Crippen LogP contribution < -0.4 is 10.6 Å². The van der Waals surface area contributed by atoms with E-state index in [0.29, 0.717) is 18.7 Å². The minimum absolute atomic E-state index is 0.00935. The molecule has 0 saturated heterocycles. The Morgan fingerprint density at radius 2 is 1.30 bits per heavy atom. The fraction of sp³-hybridized carbons (Fsp3) is 0.417. The Hall–Kier alpha value is -2.86. The highest BCUT2D eigenvalue weighted by molar-refractivity contribution is 5.93. The molecule has 30 heavy (non-hydrogen) atoms. The van der Waals surface area contributed by atoms with Crippen LogP contribution in [0.4, 0.5) is 0 Å². The zero-order valence-electron chi connectivity index (χ0n) is 18.9. The van der Waals surface area contributed by atoms with Crippen molar-refractivity contribution in [1.82, 2.24) is 20.4 Å². The second kappa shape index (κ2) is 12.0. The summed E-state index contributed by atoms with van der Waals surface area (Å²) >= 11 is 0. The molecule has 1 amide bonds. The van der Waals surface area contributed by atoms with E-state index in [4.69, 9.17) is 0 Å². The first kappa shape index (κ1) is 23.4. The molecule has 0 aliphatic heterocycles. The van der Waals surface area contributed by atoms with Crippen molar-refractivity contribution in [3.05, 3.63) is 70.8 Å². The van der Waals surface area contributed by atoms with Crippen LogP contribution in [-0.4, -0.2) is 55.9 Å². The van der Waals surface area contributed by atoms with Gasteiger partial charge in [-0.3, -0.25) is 14.7 Å². The summed E-state index contributed by atoms with van der Waals surface area (Å²) in [5.74, 6) is 0.755. The average Bonchev–Trinajstić information content (AvgIpc) is 2.78. The van der Waals surface area contributed by atoms with Gasteiger partial charge in [-0.15, -0.1) is 0 Å². The molecule has 0 heterocycles. The number of rotatable bonds is 9. The topological polar surface area (TPSA) is 60.0 Å². The molecule has 0 spiro atoms. The Bertz CT molecular complexity index is 808. The van der Waals surface area contributed by atoms with E-state index in [0.717, 1.165) is 31.2 Å². The molecule has 0 unspecified atom stereocenters. The van der Waals surface area contributed by atoms with Gasteiger partial charge in [0.15, 0.2) is 5.96 Å². The summed E-state index contributed by atoms with van der Waals surface area (Å²) in [5.41, 5.74) is 4.33. The predicted molar refractivity (Wildman–Crippen MR) is 125 cm³/mol. The first-order valence-corrected chi connectivity index (χ1v) is 10.5. The number of amides is 1. The van der Waals surface area contributed by atoms with Crippen LogP contribution in [0.1, 0.15) is 40.9 Å². The molecule has 0 fully saturated rings. The summed E-state index contributed by atoms with van der Waals surface area (Å²) in [4.78, 5) is 20.2. The van der Waals surface area contributed by atoms with E-state index in [-0.39, 0.29) is 5.91 Å². The van der Waals surface area contributed by atoms with Crippen molar-refractivity contribution in [2.45, 2.75) is 33.5 Å². The van der Waals surface area contributed by atoms with Crippen LogP contribution >= 0.6 is 0 Å². The molecule has 2 aromatic carbocycles. The molecule has 0 aromatic heterocycles. The molecular formula is C24H35N5O. The maximum Gasteiger partial charge on any atom is 0.253 e. The van der Waals surface area contributed by atoms with Gasteiger partial charge in [-0.1, -0.05) is 50.2 Å². The van der Waals surface area contributed by atoms with Gasteiger partial charge in [0.05, 0.1) is 0 Å². The standard InChI is InChI=1S/C24H35N5O/c1-6-29(7-2)18-21-10-8-19(9-11-21)16-26-24(25-3)27-17-20-12-14-22(15-13-20)23(30)28(4)5/h8-15H,6-7,16-18H2,1-5H3,(H2,25,26,27). The Balaban J connectivity index is 1.83. The Morgan fingerprint density at radius 3 is 1.73 bits per heavy atom. The molecule has 0 atom stereocenters. The number of carbonyl (C=O) groups excluding carboxylic acids is 1. The molecule has 162 valence electrons. The zero-order valence-corrected chi connectivity index (χ0v) is 18.9. The van der Waals surface area contributed by atoms with E-state index in [2.05, 4.69) is 58.6 Å². The molecule has 0 saturated carbocycles. The fourth-order valence-corrected chi connectivity index (χ4v) is 3.08. The van der Waals surface area contributed by atoms with Crippen molar-refractivity contribution in [2.24, 2.45) is 4.99 Å². The van der Waals surface area contributed by atoms with E-state index in [1.54, 1.807) is 26.0 Å². The summed E-state index contributed by atoms with van der Waals surface area (Å²) in [5, 5.41) is 6.67. The van der Waals surface area contributed by atoms with Crippen LogP contribution in [0.5, 0.6) is 0 Å². The van der Waals surface area contributed by atoms with Gasteiger partial charge in [0.25, 0.3) is 5.91 Å². The van der Waals surface area contributed by atoms with Gasteiger partial charge in [-0.25, -0.2) is 0 Å². The molecule has 2 N–H and O–H groups in total. The van der Waals surface area contributed by atoms with Crippen molar-refractivity contribution < 1.29 is 4.79 Å². The van der Waals surface area contributed by atoms with Crippen molar-refractivity contribution in [2.75, 3.05) is 34.2 Å². The van der Waals surface area contributed by atoms with Gasteiger partial charge >= 0.3 is 0 Å². The lowest BCUT2D eigenvalue weighted by Crippen LogP contribution is -2.36. The van der Waals surface area contributed by atoms with Crippen LogP contribution in [0.15, 0.2) is 53.5 Å². The van der Waals surface area contributed by atoms with Gasteiger partial charge in [0, 0.05) is 46.3 Å². The van der Waals surface area contributed by atoms with Crippen LogP contribution in [0.25, 0.3) is 0 Å². The highest BCUT2D eigenvalue weighted by Crippen LogP contribution is 2.08. The first-order valence-electron chi connectivity index (χ1n) is 10.5. The SMILES string of the molecule is CCN(CC)Cc1ccc(CNC(=NC)NCc2ccc(C(=O)N(C)C)cc2)cc1. The lowest BCUT2D eigenvalue weighted by Gasteiger charge is -2.18. The third kappa shape index (κ3) is 7.19.